The van der Waals surface area contributed by atoms with Crippen molar-refractivity contribution in [3.8, 4) is 0 Å². The Bertz CT molecular complexity index is 708. The molecule has 1 aromatic rings. The summed E-state index contributed by atoms with van der Waals surface area (Å²) >= 11 is 6.00. The molecule has 0 saturated carbocycles. The van der Waals surface area contributed by atoms with E-state index >= 15 is 0 Å². The molecule has 2 rings (SSSR count). The Balaban J connectivity index is 2.22. The first-order valence-corrected chi connectivity index (χ1v) is 8.99. The molecule has 8 heteroatoms. The quantitative estimate of drug-likeness (QED) is 0.899. The van der Waals surface area contributed by atoms with E-state index < -0.39 is 21.7 Å². The third-order valence-corrected chi connectivity index (χ3v) is 5.17. The topological polar surface area (TPSA) is 91.8 Å². The monoisotopic (exact) mass is 345 g/mol. The van der Waals surface area contributed by atoms with Crippen LogP contribution in [-0.4, -0.2) is 49.6 Å². The van der Waals surface area contributed by atoms with E-state index in [1.165, 1.54) is 23.1 Å². The first kappa shape index (κ1) is 16.8. The summed E-state index contributed by atoms with van der Waals surface area (Å²) in [4.78, 5) is 24.9. The number of amides is 1. The third kappa shape index (κ3) is 3.59. The van der Waals surface area contributed by atoms with E-state index in [-0.39, 0.29) is 21.4 Å². The number of hydrogen-bond donors (Lipinski definition) is 1. The van der Waals surface area contributed by atoms with Gasteiger partial charge in [-0.3, -0.25) is 9.59 Å². The molecule has 1 amide bonds. The third-order valence-electron chi connectivity index (χ3n) is 3.73. The highest BCUT2D eigenvalue weighted by atomic mass is 35.5. The second-order valence-corrected chi connectivity index (χ2v) is 7.74. The Morgan fingerprint density at radius 2 is 1.86 bits per heavy atom. The molecule has 1 fully saturated rings. The lowest BCUT2D eigenvalue weighted by atomic mass is 9.96. The van der Waals surface area contributed by atoms with Crippen molar-refractivity contribution in [1.82, 2.24) is 4.90 Å². The minimum atomic E-state index is -3.43. The van der Waals surface area contributed by atoms with Gasteiger partial charge in [0.1, 0.15) is 0 Å². The largest absolute Gasteiger partial charge is 0.481 e. The summed E-state index contributed by atoms with van der Waals surface area (Å²) in [6.07, 6.45) is 1.82. The highest BCUT2D eigenvalue weighted by Crippen LogP contribution is 2.25. The standard InChI is InChI=1S/C14H16ClNO5S/c1-22(20,21)10-2-3-12(15)11(8-10)13(17)16-6-4-9(5-7-16)14(18)19/h2-3,8-9H,4-7H2,1H3,(H,18,19). The lowest BCUT2D eigenvalue weighted by Gasteiger charge is -2.30. The predicted molar refractivity (Wildman–Crippen MR) is 80.8 cm³/mol. The van der Waals surface area contributed by atoms with Crippen molar-refractivity contribution in [1.29, 1.82) is 0 Å². The van der Waals surface area contributed by atoms with E-state index in [9.17, 15) is 18.0 Å². The van der Waals surface area contributed by atoms with Crippen molar-refractivity contribution in [3.05, 3.63) is 28.8 Å². The molecule has 120 valence electrons. The van der Waals surface area contributed by atoms with Crippen LogP contribution in [0, 0.1) is 5.92 Å². The highest BCUT2D eigenvalue weighted by molar-refractivity contribution is 7.90. The molecule has 1 N–H and O–H groups in total. The number of carbonyl (C=O) groups is 2. The van der Waals surface area contributed by atoms with Crippen LogP contribution in [0.2, 0.25) is 5.02 Å². The number of piperidine rings is 1. The molecule has 0 aromatic heterocycles. The summed E-state index contributed by atoms with van der Waals surface area (Å²) in [6, 6.07) is 4.00. The molecule has 1 saturated heterocycles. The van der Waals surface area contributed by atoms with Gasteiger partial charge < -0.3 is 10.0 Å². The Morgan fingerprint density at radius 1 is 1.27 bits per heavy atom. The number of carbonyl (C=O) groups excluding carboxylic acids is 1. The zero-order chi connectivity index (χ0) is 16.5. The van der Waals surface area contributed by atoms with Crippen LogP contribution in [0.5, 0.6) is 0 Å². The van der Waals surface area contributed by atoms with Crippen LogP contribution >= 0.6 is 11.6 Å². The van der Waals surface area contributed by atoms with Crippen LogP contribution in [0.15, 0.2) is 23.1 Å². The van der Waals surface area contributed by atoms with Gasteiger partial charge in [-0.05, 0) is 31.0 Å². The van der Waals surface area contributed by atoms with Crippen molar-refractivity contribution in [2.24, 2.45) is 5.92 Å². The van der Waals surface area contributed by atoms with Gasteiger partial charge in [-0.15, -0.1) is 0 Å². The van der Waals surface area contributed by atoms with E-state index in [0.29, 0.717) is 25.9 Å². The molecule has 0 atom stereocenters. The normalized spacial score (nSPS) is 16.5. The number of carboxylic acid groups (broad SMARTS) is 1. The lowest BCUT2D eigenvalue weighted by Crippen LogP contribution is -2.40. The molecule has 0 bridgehead atoms. The number of carboxylic acids is 1. The molecule has 1 aromatic carbocycles. The van der Waals surface area contributed by atoms with E-state index in [0.717, 1.165) is 6.26 Å². The number of benzene rings is 1. The average Bonchev–Trinajstić information content (AvgIpc) is 2.46. The second kappa shape index (κ2) is 6.26. The van der Waals surface area contributed by atoms with Crippen molar-refractivity contribution >= 4 is 33.3 Å². The summed E-state index contributed by atoms with van der Waals surface area (Å²) in [5.74, 6) is -1.68. The summed E-state index contributed by atoms with van der Waals surface area (Å²) < 4.78 is 23.2. The Kier molecular flexibility index (Phi) is 4.77. The van der Waals surface area contributed by atoms with Crippen LogP contribution < -0.4 is 0 Å². The fraction of sp³-hybridized carbons (Fsp3) is 0.429. The van der Waals surface area contributed by atoms with Crippen LogP contribution in [0.25, 0.3) is 0 Å². The van der Waals surface area contributed by atoms with E-state index in [1.54, 1.807) is 0 Å². The van der Waals surface area contributed by atoms with Crippen molar-refractivity contribution in [2.45, 2.75) is 17.7 Å². The van der Waals surface area contributed by atoms with E-state index in [4.69, 9.17) is 16.7 Å². The van der Waals surface area contributed by atoms with Crippen molar-refractivity contribution < 1.29 is 23.1 Å². The summed E-state index contributed by atoms with van der Waals surface area (Å²) in [5.41, 5.74) is 0.123. The predicted octanol–water partition coefficient (Wildman–Crippen LogP) is 1.68. The van der Waals surface area contributed by atoms with Crippen molar-refractivity contribution in [3.63, 3.8) is 0 Å². The van der Waals surface area contributed by atoms with E-state index in [1.807, 2.05) is 0 Å². The molecule has 22 heavy (non-hydrogen) atoms. The van der Waals surface area contributed by atoms with Gasteiger partial charge >= 0.3 is 5.97 Å². The molecule has 0 radical (unpaired) electrons. The molecule has 6 nitrogen and oxygen atoms in total. The molecule has 0 aliphatic carbocycles. The molecule has 0 unspecified atom stereocenters. The maximum absolute atomic E-state index is 12.5. The number of hydrogen-bond acceptors (Lipinski definition) is 4. The zero-order valence-electron chi connectivity index (χ0n) is 12.0. The second-order valence-electron chi connectivity index (χ2n) is 5.32. The smallest absolute Gasteiger partial charge is 0.306 e. The van der Waals surface area contributed by atoms with Crippen LogP contribution in [0.3, 0.4) is 0 Å². The average molecular weight is 346 g/mol. The molecule has 1 aliphatic heterocycles. The Morgan fingerprint density at radius 3 is 2.36 bits per heavy atom. The number of nitrogens with zero attached hydrogens (tertiary/aromatic N) is 1. The lowest BCUT2D eigenvalue weighted by molar-refractivity contribution is -0.143. The van der Waals surface area contributed by atoms with Crippen molar-refractivity contribution in [2.75, 3.05) is 19.3 Å². The Labute approximate surface area is 133 Å². The summed E-state index contributed by atoms with van der Waals surface area (Å²) in [5, 5.41) is 9.14. The number of halogens is 1. The van der Waals surface area contributed by atoms with Crippen LogP contribution in [0.4, 0.5) is 0 Å². The van der Waals surface area contributed by atoms with Gasteiger partial charge in [0.2, 0.25) is 0 Å². The highest BCUT2D eigenvalue weighted by Gasteiger charge is 2.28. The molecule has 0 spiro atoms. The van der Waals surface area contributed by atoms with Gasteiger partial charge in [0.15, 0.2) is 9.84 Å². The molecular weight excluding hydrogens is 330 g/mol. The first-order valence-electron chi connectivity index (χ1n) is 6.72. The minimum absolute atomic E-state index is 0.0284. The molecule has 1 heterocycles. The van der Waals surface area contributed by atoms with Gasteiger partial charge in [-0.1, -0.05) is 11.6 Å². The Hall–Kier alpha value is -1.60. The van der Waals surface area contributed by atoms with Gasteiger partial charge in [-0.25, -0.2) is 8.42 Å². The number of sulfone groups is 1. The summed E-state index contributed by atoms with van der Waals surface area (Å²) in [7, 11) is -3.43. The maximum Gasteiger partial charge on any atom is 0.306 e. The summed E-state index contributed by atoms with van der Waals surface area (Å²) in [6.45, 7) is 0.629. The van der Waals surface area contributed by atoms with Crippen LogP contribution in [0.1, 0.15) is 23.2 Å². The van der Waals surface area contributed by atoms with Gasteiger partial charge in [0, 0.05) is 19.3 Å². The zero-order valence-corrected chi connectivity index (χ0v) is 13.5. The maximum atomic E-state index is 12.5. The fourth-order valence-corrected chi connectivity index (χ4v) is 3.24. The number of likely N-dealkylation sites (tertiary alicyclic amines) is 1. The van der Waals surface area contributed by atoms with Crippen LogP contribution in [-0.2, 0) is 14.6 Å². The number of rotatable bonds is 3. The molecular formula is C14H16ClNO5S. The minimum Gasteiger partial charge on any atom is -0.481 e. The SMILES string of the molecule is CS(=O)(=O)c1ccc(Cl)c(C(=O)N2CCC(C(=O)O)CC2)c1. The van der Waals surface area contributed by atoms with Gasteiger partial charge in [0.05, 0.1) is 21.4 Å². The number of aliphatic carboxylic acids is 1. The van der Waals surface area contributed by atoms with E-state index in [2.05, 4.69) is 0 Å². The van der Waals surface area contributed by atoms with Gasteiger partial charge in [0.25, 0.3) is 5.91 Å². The fourth-order valence-electron chi connectivity index (χ4n) is 2.40. The molecule has 1 aliphatic rings. The van der Waals surface area contributed by atoms with Gasteiger partial charge in [-0.2, -0.15) is 0 Å². The first-order chi connectivity index (χ1) is 10.2.